The van der Waals surface area contributed by atoms with E-state index in [-0.39, 0.29) is 37.3 Å². The molecule has 8 rings (SSSR count). The largest absolute Gasteiger partial charge is 0.388 e. The minimum atomic E-state index is -2.87. The Labute approximate surface area is 469 Å². The van der Waals surface area contributed by atoms with Crippen LogP contribution in [0.15, 0.2) is 65.4 Å². The van der Waals surface area contributed by atoms with Gasteiger partial charge in [-0.25, -0.2) is 0 Å². The third-order valence-corrected chi connectivity index (χ3v) is 16.5. The SMILES string of the molecule is C[C@@H]1O[C@@](CC2C=CC(=O)CC2=O)(O[C@@H]2[C@@H](O)[C@H](C)O[C@@](CC3C=CC(=O)CC3=O)(O[C@@H]3[C@H](O)[C@@H](O)[C@H](C)O[C@@]3(CC3=CCC(=O)C=C3)O[C@@H]3[C@@H](O)[C@H](C)O[C@@](CC4C=CC(=O)CC4=O)(OCCCN=[N+]=[N-])[C@@H]3O)[C@@H]2O)[C@H](O)[C@H](O)[C@H]1O. The summed E-state index contributed by atoms with van der Waals surface area (Å²) in [6.07, 6.45) is -24.5. The van der Waals surface area contributed by atoms with E-state index in [1.54, 1.807) is 0 Å². The van der Waals surface area contributed by atoms with Gasteiger partial charge in [-0.05, 0) is 69.5 Å². The predicted octanol–water partition coefficient (Wildman–Crippen LogP) is -1.27. The van der Waals surface area contributed by atoms with Gasteiger partial charge in [-0.1, -0.05) is 35.5 Å². The highest BCUT2D eigenvalue weighted by Crippen LogP contribution is 2.50. The van der Waals surface area contributed by atoms with Crippen LogP contribution in [0.5, 0.6) is 0 Å². The van der Waals surface area contributed by atoms with Gasteiger partial charge in [0.25, 0.3) is 0 Å². The monoisotopic (exact) mass is 1160 g/mol. The molecule has 4 aliphatic heterocycles. The van der Waals surface area contributed by atoms with Crippen molar-refractivity contribution in [2.45, 2.75) is 206 Å². The zero-order valence-electron chi connectivity index (χ0n) is 45.4. The summed E-state index contributed by atoms with van der Waals surface area (Å²) in [6.45, 7) is 4.88. The van der Waals surface area contributed by atoms with Crippen molar-refractivity contribution < 1.29 is 117 Å². The summed E-state index contributed by atoms with van der Waals surface area (Å²) in [6, 6.07) is 0. The first-order valence-corrected chi connectivity index (χ1v) is 27.3. The number of hydrogen-bond donors (Lipinski definition) is 9. The number of aliphatic hydroxyl groups excluding tert-OH is 9. The summed E-state index contributed by atoms with van der Waals surface area (Å²) in [7, 11) is 0. The van der Waals surface area contributed by atoms with Crippen LogP contribution >= 0.6 is 0 Å². The lowest BCUT2D eigenvalue weighted by Crippen LogP contribution is -2.75. The van der Waals surface area contributed by atoms with Gasteiger partial charge in [0.15, 0.2) is 40.5 Å². The lowest BCUT2D eigenvalue weighted by Gasteiger charge is -2.58. The summed E-state index contributed by atoms with van der Waals surface area (Å²) in [5.74, 6) is -18.2. The normalized spacial score (nSPS) is 44.4. The molecule has 0 saturated carbocycles. The van der Waals surface area contributed by atoms with Crippen molar-refractivity contribution in [3.63, 3.8) is 0 Å². The number of rotatable bonds is 19. The zero-order chi connectivity index (χ0) is 59.8. The summed E-state index contributed by atoms with van der Waals surface area (Å²) >= 11 is 0. The first-order chi connectivity index (χ1) is 38.7. The van der Waals surface area contributed by atoms with Crippen LogP contribution in [-0.4, -0.2) is 220 Å². The zero-order valence-corrected chi connectivity index (χ0v) is 45.4. The number of carbonyl (C=O) groups is 7. The molecule has 0 bridgehead atoms. The summed E-state index contributed by atoms with van der Waals surface area (Å²) in [5, 5.41) is 112. The van der Waals surface area contributed by atoms with Crippen molar-refractivity contribution in [2.75, 3.05) is 13.2 Å². The van der Waals surface area contributed by atoms with Crippen molar-refractivity contribution in [3.05, 3.63) is 70.7 Å². The van der Waals surface area contributed by atoms with Crippen LogP contribution in [0, 0.1) is 17.8 Å². The molecule has 27 nitrogen and oxygen atoms in total. The smallest absolute Gasteiger partial charge is 0.202 e. The summed E-state index contributed by atoms with van der Waals surface area (Å²) in [4.78, 5) is 93.3. The molecular weight excluding hydrogens is 1090 g/mol. The molecule has 4 saturated heterocycles. The molecule has 0 spiro atoms. The van der Waals surface area contributed by atoms with Gasteiger partial charge in [-0.2, -0.15) is 0 Å². The number of ether oxygens (including phenoxy) is 8. The molecule has 3 unspecified atom stereocenters. The fourth-order valence-corrected chi connectivity index (χ4v) is 12.0. The number of ketones is 7. The van der Waals surface area contributed by atoms with Crippen molar-refractivity contribution in [1.29, 1.82) is 0 Å². The number of Topliss-reactive ketones (excluding diaryl/α,β-unsaturated/α-hetero) is 3. The molecule has 0 amide bonds. The molecule has 450 valence electrons. The molecule has 9 N–H and O–H groups in total. The standard InChI is InChI=1S/C55H71N3O24/c1-25-40(66)44(70)48(72)53(77-25,23-31-9-14-35(61)19-38(31)64)80-47-43(69)28(4)78-54(50(47)74,24-32-10-15-36(62)20-39(32)65)82-51-45(71)41(67)26(2)79-55(51,21-29-6-11-33(59)12-7-29)81-46-42(68)27(3)76-52(49(46)73,75-17-5-16-57-58-56)22-30-8-13-34(60)18-37(30)63/h6-11,13-15,25-28,30-32,40-51,66-74H,5,12,16-24H2,1-4H3/t25-,26-,27-,28-,30?,31?,32?,40-,41-,42-,43-,44+,45+,46+,47+,48+,49+,50+,51+,52+,53-,54-,55-/m0/s1. The molecule has 27 heteroatoms. The van der Waals surface area contributed by atoms with E-state index >= 15 is 0 Å². The van der Waals surface area contributed by atoms with Crippen molar-refractivity contribution in [1.82, 2.24) is 0 Å². The Morgan fingerprint density at radius 1 is 0.524 bits per heavy atom. The molecule has 4 heterocycles. The summed E-state index contributed by atoms with van der Waals surface area (Å²) in [5.41, 5.74) is 9.18. The van der Waals surface area contributed by atoms with Crippen molar-refractivity contribution in [2.24, 2.45) is 22.9 Å². The highest BCUT2D eigenvalue weighted by atomic mass is 16.8. The Morgan fingerprint density at radius 2 is 0.951 bits per heavy atom. The maximum Gasteiger partial charge on any atom is 0.202 e. The summed E-state index contributed by atoms with van der Waals surface area (Å²) < 4.78 is 52.2. The Hall–Kier alpha value is -4.98. The van der Waals surface area contributed by atoms with Crippen LogP contribution in [0.1, 0.15) is 85.5 Å². The molecule has 4 fully saturated rings. The van der Waals surface area contributed by atoms with Crippen molar-refractivity contribution in [3.8, 4) is 0 Å². The first-order valence-electron chi connectivity index (χ1n) is 27.3. The Kier molecular flexibility index (Phi) is 19.5. The second-order valence-electron chi connectivity index (χ2n) is 22.5. The molecular formula is C55H71N3O24. The number of hydrogen-bond acceptors (Lipinski definition) is 25. The highest BCUT2D eigenvalue weighted by Gasteiger charge is 2.67. The van der Waals surface area contributed by atoms with Crippen LogP contribution in [-0.2, 0) is 71.5 Å². The average molecular weight is 1160 g/mol. The number of azide groups is 1. The minimum absolute atomic E-state index is 0.0423. The lowest BCUT2D eigenvalue weighted by molar-refractivity contribution is -0.462. The van der Waals surface area contributed by atoms with Crippen molar-refractivity contribution >= 4 is 40.5 Å². The Balaban J connectivity index is 1.28. The second-order valence-corrected chi connectivity index (χ2v) is 22.5. The highest BCUT2D eigenvalue weighted by molar-refractivity contribution is 6.09. The van der Waals surface area contributed by atoms with Crippen LogP contribution in [0.3, 0.4) is 0 Å². The fourth-order valence-electron chi connectivity index (χ4n) is 12.0. The molecule has 23 atom stereocenters. The van der Waals surface area contributed by atoms with E-state index in [0.29, 0.717) is 0 Å². The van der Waals surface area contributed by atoms with Gasteiger partial charge in [-0.15, -0.1) is 0 Å². The first kappa shape index (κ1) is 63.1. The molecule has 4 aliphatic carbocycles. The van der Waals surface area contributed by atoms with Gasteiger partial charge in [-0.3, -0.25) is 33.6 Å². The van der Waals surface area contributed by atoms with E-state index < -0.39 is 218 Å². The third kappa shape index (κ3) is 12.8. The molecule has 82 heavy (non-hydrogen) atoms. The maximum absolute atomic E-state index is 13.9. The van der Waals surface area contributed by atoms with E-state index in [2.05, 4.69) is 10.0 Å². The van der Waals surface area contributed by atoms with Gasteiger partial charge < -0.3 is 83.9 Å². The Morgan fingerprint density at radius 3 is 1.43 bits per heavy atom. The number of carbonyl (C=O) groups excluding carboxylic acids is 7. The molecule has 0 aromatic carbocycles. The molecule has 0 aromatic heterocycles. The predicted molar refractivity (Wildman–Crippen MR) is 273 cm³/mol. The topological polar surface area (TPSA) is 424 Å². The van der Waals surface area contributed by atoms with Gasteiger partial charge >= 0.3 is 0 Å². The van der Waals surface area contributed by atoms with Crippen LogP contribution in [0.4, 0.5) is 0 Å². The fraction of sp³-hybridized carbons (Fsp3) is 0.691. The van der Waals surface area contributed by atoms with Crippen LogP contribution < -0.4 is 0 Å². The third-order valence-electron chi connectivity index (χ3n) is 16.5. The van der Waals surface area contributed by atoms with Crippen LogP contribution in [0.25, 0.3) is 10.4 Å². The number of nitrogens with zero attached hydrogens (tertiary/aromatic N) is 3. The van der Waals surface area contributed by atoms with Crippen LogP contribution in [0.2, 0.25) is 0 Å². The molecule has 0 aromatic rings. The van der Waals surface area contributed by atoms with E-state index in [0.717, 1.165) is 12.2 Å². The number of allylic oxidation sites excluding steroid dienone is 9. The quantitative estimate of drug-likeness (QED) is 0.0239. The van der Waals surface area contributed by atoms with Gasteiger partial charge in [0.1, 0.15) is 90.6 Å². The number of aliphatic hydroxyl groups is 9. The van der Waals surface area contributed by atoms with Gasteiger partial charge in [0.05, 0.1) is 50.3 Å². The minimum Gasteiger partial charge on any atom is -0.388 e. The maximum atomic E-state index is 13.9. The second kappa shape index (κ2) is 25.3. The van der Waals surface area contributed by atoms with Gasteiger partial charge in [0, 0.05) is 61.3 Å². The molecule has 0 radical (unpaired) electrons. The van der Waals surface area contributed by atoms with E-state index in [1.807, 2.05) is 0 Å². The lowest BCUT2D eigenvalue weighted by atomic mass is 9.80. The van der Waals surface area contributed by atoms with Gasteiger partial charge in [0.2, 0.25) is 5.79 Å². The Bertz CT molecular complexity index is 2690. The average Bonchev–Trinajstić information content (AvgIpc) is 1.37. The van der Waals surface area contributed by atoms with E-state index in [1.165, 1.54) is 70.2 Å². The van der Waals surface area contributed by atoms with E-state index in [4.69, 9.17) is 43.4 Å². The van der Waals surface area contributed by atoms with E-state index in [9.17, 15) is 79.5 Å². The molecule has 8 aliphatic rings.